The van der Waals surface area contributed by atoms with Crippen molar-refractivity contribution < 1.29 is 31.7 Å². The summed E-state index contributed by atoms with van der Waals surface area (Å²) in [6.45, 7) is 6.39. The smallest absolute Gasteiger partial charge is 0.161 e. The molecule has 2 atom stereocenters. The van der Waals surface area contributed by atoms with Crippen LogP contribution in [0, 0.1) is 0 Å². The molecular formula is C15H21ClNO4-. The summed E-state index contributed by atoms with van der Waals surface area (Å²) in [7, 11) is 0. The quantitative estimate of drug-likeness (QED) is 0.715. The molecule has 0 aliphatic carbocycles. The molecule has 21 heavy (non-hydrogen) atoms. The van der Waals surface area contributed by atoms with Gasteiger partial charge in [0.15, 0.2) is 11.5 Å². The summed E-state index contributed by atoms with van der Waals surface area (Å²) in [6, 6.07) is 5.73. The van der Waals surface area contributed by atoms with Gasteiger partial charge in [-0.3, -0.25) is 4.90 Å². The van der Waals surface area contributed by atoms with E-state index in [1.165, 1.54) is 0 Å². The van der Waals surface area contributed by atoms with Gasteiger partial charge >= 0.3 is 0 Å². The average molecular weight is 315 g/mol. The molecule has 1 N–H and O–H groups in total. The van der Waals surface area contributed by atoms with Gasteiger partial charge in [0.25, 0.3) is 0 Å². The molecule has 5 nitrogen and oxygen atoms in total. The van der Waals surface area contributed by atoms with E-state index in [9.17, 15) is 5.11 Å². The fourth-order valence-electron chi connectivity index (χ4n) is 2.71. The second kappa shape index (κ2) is 7.31. The van der Waals surface area contributed by atoms with E-state index >= 15 is 0 Å². The third-order valence-electron chi connectivity index (χ3n) is 3.99. The summed E-state index contributed by atoms with van der Waals surface area (Å²) in [5.41, 5.74) is 0.869. The molecule has 6 heteroatoms. The van der Waals surface area contributed by atoms with Gasteiger partial charge in [-0.25, -0.2) is 0 Å². The molecule has 0 bridgehead atoms. The Bertz CT molecular complexity index is 465. The van der Waals surface area contributed by atoms with Crippen LogP contribution in [-0.2, 0) is 4.74 Å². The van der Waals surface area contributed by atoms with Crippen LogP contribution < -0.4 is 21.9 Å². The van der Waals surface area contributed by atoms with Gasteiger partial charge in [0.1, 0.15) is 13.2 Å². The van der Waals surface area contributed by atoms with Gasteiger partial charge in [0, 0.05) is 19.1 Å². The summed E-state index contributed by atoms with van der Waals surface area (Å²) in [5, 5.41) is 10.6. The minimum Gasteiger partial charge on any atom is -1.00 e. The van der Waals surface area contributed by atoms with E-state index in [0.29, 0.717) is 13.2 Å². The lowest BCUT2D eigenvalue weighted by Gasteiger charge is -2.35. The fraction of sp³-hybridized carbons (Fsp3) is 0.600. The maximum atomic E-state index is 10.6. The summed E-state index contributed by atoms with van der Waals surface area (Å²) >= 11 is 0. The molecule has 1 saturated heterocycles. The van der Waals surface area contributed by atoms with Crippen LogP contribution in [0.1, 0.15) is 18.6 Å². The lowest BCUT2D eigenvalue weighted by atomic mass is 10.0. The number of benzene rings is 1. The van der Waals surface area contributed by atoms with E-state index in [0.717, 1.165) is 43.4 Å². The Morgan fingerprint density at radius 2 is 1.71 bits per heavy atom. The van der Waals surface area contributed by atoms with E-state index in [-0.39, 0.29) is 18.4 Å². The van der Waals surface area contributed by atoms with Gasteiger partial charge in [0.05, 0.1) is 19.3 Å². The first-order chi connectivity index (χ1) is 9.75. The van der Waals surface area contributed by atoms with Crippen molar-refractivity contribution in [2.75, 3.05) is 39.5 Å². The SMILES string of the molecule is CC(C(O)c1ccc2c(c1)OCCO2)N1CCOCC1.[Cl-]. The van der Waals surface area contributed by atoms with Crippen LogP contribution in [0.25, 0.3) is 0 Å². The number of fused-ring (bicyclic) bond motifs is 1. The van der Waals surface area contributed by atoms with Crippen LogP contribution in [0.4, 0.5) is 0 Å². The molecular weight excluding hydrogens is 294 g/mol. The van der Waals surface area contributed by atoms with Crippen LogP contribution in [0.5, 0.6) is 11.5 Å². The maximum absolute atomic E-state index is 10.6. The van der Waals surface area contributed by atoms with Crippen LogP contribution in [0.15, 0.2) is 18.2 Å². The van der Waals surface area contributed by atoms with Crippen molar-refractivity contribution >= 4 is 0 Å². The highest BCUT2D eigenvalue weighted by molar-refractivity contribution is 5.44. The number of aliphatic hydroxyl groups excluding tert-OH is 1. The van der Waals surface area contributed by atoms with Gasteiger partial charge in [0.2, 0.25) is 0 Å². The Hall–Kier alpha value is -1.01. The highest BCUT2D eigenvalue weighted by atomic mass is 35.5. The molecule has 1 aromatic rings. The number of halogens is 1. The van der Waals surface area contributed by atoms with Crippen LogP contribution >= 0.6 is 0 Å². The first-order valence-electron chi connectivity index (χ1n) is 7.15. The van der Waals surface area contributed by atoms with E-state index < -0.39 is 6.10 Å². The molecule has 118 valence electrons. The molecule has 2 aliphatic rings. The third-order valence-corrected chi connectivity index (χ3v) is 3.99. The predicted molar refractivity (Wildman–Crippen MR) is 74.2 cm³/mol. The molecule has 1 fully saturated rings. The molecule has 1 aromatic carbocycles. The Labute approximate surface area is 131 Å². The fourth-order valence-corrected chi connectivity index (χ4v) is 2.71. The van der Waals surface area contributed by atoms with Gasteiger partial charge in [-0.15, -0.1) is 0 Å². The van der Waals surface area contributed by atoms with Crippen LogP contribution in [-0.4, -0.2) is 55.6 Å². The highest BCUT2D eigenvalue weighted by Crippen LogP contribution is 2.34. The zero-order valence-corrected chi connectivity index (χ0v) is 12.9. The first kappa shape index (κ1) is 16.4. The van der Waals surface area contributed by atoms with Crippen molar-refractivity contribution in [3.05, 3.63) is 23.8 Å². The molecule has 2 aliphatic heterocycles. The summed E-state index contributed by atoms with van der Waals surface area (Å²) in [5.74, 6) is 1.48. The molecule has 2 unspecified atom stereocenters. The number of ether oxygens (including phenoxy) is 3. The van der Waals surface area contributed by atoms with E-state index in [1.54, 1.807) is 0 Å². The Kier molecular flexibility index (Phi) is 5.70. The largest absolute Gasteiger partial charge is 1.00 e. The number of nitrogens with zero attached hydrogens (tertiary/aromatic N) is 1. The first-order valence-corrected chi connectivity index (χ1v) is 7.15. The molecule has 0 amide bonds. The number of hydrogen-bond donors (Lipinski definition) is 1. The van der Waals surface area contributed by atoms with Crippen LogP contribution in [0.2, 0.25) is 0 Å². The Morgan fingerprint density at radius 1 is 1.05 bits per heavy atom. The van der Waals surface area contributed by atoms with Crippen LogP contribution in [0.3, 0.4) is 0 Å². The number of aliphatic hydroxyl groups is 1. The van der Waals surface area contributed by atoms with E-state index in [2.05, 4.69) is 4.90 Å². The topological polar surface area (TPSA) is 51.2 Å². The van der Waals surface area contributed by atoms with Gasteiger partial charge in [-0.1, -0.05) is 6.07 Å². The van der Waals surface area contributed by atoms with Gasteiger partial charge in [-0.05, 0) is 24.6 Å². The predicted octanol–water partition coefficient (Wildman–Crippen LogP) is -1.78. The lowest BCUT2D eigenvalue weighted by Crippen LogP contribution is -3.00. The summed E-state index contributed by atoms with van der Waals surface area (Å²) < 4.78 is 16.4. The summed E-state index contributed by atoms with van der Waals surface area (Å²) in [6.07, 6.45) is -0.538. The second-order valence-corrected chi connectivity index (χ2v) is 5.24. The van der Waals surface area contributed by atoms with Crippen molar-refractivity contribution in [3.8, 4) is 11.5 Å². The van der Waals surface area contributed by atoms with Crippen molar-refractivity contribution in [1.29, 1.82) is 0 Å². The number of hydrogen-bond acceptors (Lipinski definition) is 5. The van der Waals surface area contributed by atoms with Gasteiger partial charge in [-0.2, -0.15) is 0 Å². The van der Waals surface area contributed by atoms with Crippen molar-refractivity contribution in [2.24, 2.45) is 0 Å². The molecule has 3 rings (SSSR count). The van der Waals surface area contributed by atoms with Crippen molar-refractivity contribution in [2.45, 2.75) is 19.1 Å². The molecule has 0 spiro atoms. The maximum Gasteiger partial charge on any atom is 0.161 e. The third kappa shape index (κ3) is 3.61. The zero-order chi connectivity index (χ0) is 13.9. The van der Waals surface area contributed by atoms with Crippen molar-refractivity contribution in [3.63, 3.8) is 0 Å². The van der Waals surface area contributed by atoms with E-state index in [1.807, 2.05) is 25.1 Å². The molecule has 0 saturated carbocycles. The molecule has 0 aromatic heterocycles. The lowest BCUT2D eigenvalue weighted by molar-refractivity contribution is -0.0167. The standard InChI is InChI=1S/C15H21NO4.ClH/c1-11(16-4-6-18-7-5-16)15(17)12-2-3-13-14(10-12)20-9-8-19-13;/h2-3,10-11,15,17H,4-9H2,1H3;1H/p-1. The highest BCUT2D eigenvalue weighted by Gasteiger charge is 2.25. The van der Waals surface area contributed by atoms with E-state index in [4.69, 9.17) is 14.2 Å². The Morgan fingerprint density at radius 3 is 2.43 bits per heavy atom. The zero-order valence-electron chi connectivity index (χ0n) is 12.1. The monoisotopic (exact) mass is 314 g/mol. The Balaban J connectivity index is 0.00000161. The van der Waals surface area contributed by atoms with Crippen molar-refractivity contribution in [1.82, 2.24) is 4.90 Å². The molecule has 2 heterocycles. The average Bonchev–Trinajstić information content (AvgIpc) is 2.54. The molecule has 0 radical (unpaired) electrons. The number of rotatable bonds is 3. The number of morpholine rings is 1. The second-order valence-electron chi connectivity index (χ2n) is 5.24. The normalized spacial score (nSPS) is 21.2. The minimum atomic E-state index is -0.538. The minimum absolute atomic E-state index is 0. The van der Waals surface area contributed by atoms with Gasteiger partial charge < -0.3 is 31.7 Å². The summed E-state index contributed by atoms with van der Waals surface area (Å²) in [4.78, 5) is 2.25.